The molecule has 2 aromatic heterocycles. The molecule has 0 aliphatic heterocycles. The Morgan fingerprint density at radius 1 is 1.21 bits per heavy atom. The van der Waals surface area contributed by atoms with Crippen LogP contribution < -0.4 is 10.1 Å². The van der Waals surface area contributed by atoms with Gasteiger partial charge in [-0.2, -0.15) is 5.10 Å². The number of rotatable bonds is 7. The van der Waals surface area contributed by atoms with Gasteiger partial charge in [-0.25, -0.2) is 4.68 Å². The van der Waals surface area contributed by atoms with E-state index in [1.165, 1.54) is 0 Å². The van der Waals surface area contributed by atoms with Gasteiger partial charge in [-0.05, 0) is 36.2 Å². The van der Waals surface area contributed by atoms with Crippen LogP contribution in [0.5, 0.6) is 5.75 Å². The molecule has 0 aliphatic rings. The first-order valence-electron chi connectivity index (χ1n) is 9.13. The predicted molar refractivity (Wildman–Crippen MR) is 107 cm³/mol. The van der Waals surface area contributed by atoms with Crippen LogP contribution in [-0.4, -0.2) is 29.3 Å². The number of ether oxygens (including phenoxy) is 1. The van der Waals surface area contributed by atoms with Gasteiger partial charge in [0.1, 0.15) is 11.3 Å². The zero-order valence-corrected chi connectivity index (χ0v) is 15.6. The molecule has 28 heavy (non-hydrogen) atoms. The van der Waals surface area contributed by atoms with Crippen molar-refractivity contribution in [1.82, 2.24) is 15.1 Å². The number of hydrogen-bond acceptors (Lipinski definition) is 4. The van der Waals surface area contributed by atoms with Crippen LogP contribution in [0.25, 0.3) is 16.7 Å². The van der Waals surface area contributed by atoms with Crippen molar-refractivity contribution in [2.75, 3.05) is 13.7 Å². The number of fused-ring (bicyclic) bond motifs is 1. The summed E-state index contributed by atoms with van der Waals surface area (Å²) >= 11 is 0. The van der Waals surface area contributed by atoms with E-state index in [0.717, 1.165) is 40.0 Å². The summed E-state index contributed by atoms with van der Waals surface area (Å²) in [5, 5.41) is 8.27. The Labute approximate surface area is 162 Å². The van der Waals surface area contributed by atoms with E-state index in [1.54, 1.807) is 13.4 Å². The maximum Gasteiger partial charge on any atom is 0.224 e. The molecular formula is C22H21N3O3. The number of nitrogens with one attached hydrogen (secondary N) is 1. The maximum absolute atomic E-state index is 12.3. The number of para-hydroxylation sites is 1. The molecule has 0 fully saturated rings. The average Bonchev–Trinajstić information content (AvgIpc) is 3.36. The van der Waals surface area contributed by atoms with Gasteiger partial charge in [0.2, 0.25) is 5.91 Å². The van der Waals surface area contributed by atoms with E-state index in [-0.39, 0.29) is 12.3 Å². The molecule has 0 saturated carbocycles. The first-order chi connectivity index (χ1) is 13.7. The lowest BCUT2D eigenvalue weighted by Crippen LogP contribution is -2.27. The van der Waals surface area contributed by atoms with Gasteiger partial charge >= 0.3 is 0 Å². The number of aromatic nitrogens is 2. The van der Waals surface area contributed by atoms with Crippen molar-refractivity contribution in [1.29, 1.82) is 0 Å². The average molecular weight is 375 g/mol. The van der Waals surface area contributed by atoms with Crippen LogP contribution in [0.2, 0.25) is 0 Å². The van der Waals surface area contributed by atoms with Gasteiger partial charge < -0.3 is 14.5 Å². The SMILES string of the molecule is COc1ccc2c(CC(=O)NCCc3cnn(-c4ccccc4)c3)coc2c1. The zero-order chi connectivity index (χ0) is 19.3. The third-order valence-electron chi connectivity index (χ3n) is 4.61. The molecule has 2 heterocycles. The number of carbonyl (C=O) groups is 1. The standard InChI is InChI=1S/C22H21N3O3/c1-27-19-7-8-20-17(15-28-21(20)12-19)11-22(26)23-10-9-16-13-24-25(14-16)18-5-3-2-4-6-18/h2-8,12-15H,9-11H2,1H3,(H,23,26). The summed E-state index contributed by atoms with van der Waals surface area (Å²) in [5.41, 5.74) is 3.67. The van der Waals surface area contributed by atoms with E-state index < -0.39 is 0 Å². The van der Waals surface area contributed by atoms with E-state index in [2.05, 4.69) is 10.4 Å². The zero-order valence-electron chi connectivity index (χ0n) is 15.6. The van der Waals surface area contributed by atoms with Crippen molar-refractivity contribution in [2.45, 2.75) is 12.8 Å². The highest BCUT2D eigenvalue weighted by molar-refractivity contribution is 5.88. The molecule has 0 radical (unpaired) electrons. The molecule has 0 unspecified atom stereocenters. The number of methoxy groups -OCH3 is 1. The van der Waals surface area contributed by atoms with Gasteiger partial charge in [0.25, 0.3) is 0 Å². The second-order valence-corrected chi connectivity index (χ2v) is 6.53. The first-order valence-corrected chi connectivity index (χ1v) is 9.13. The van der Waals surface area contributed by atoms with Crippen LogP contribution >= 0.6 is 0 Å². The van der Waals surface area contributed by atoms with Crippen LogP contribution in [0.15, 0.2) is 71.6 Å². The number of carbonyl (C=O) groups excluding carboxylic acids is 1. The molecule has 6 nitrogen and oxygen atoms in total. The summed E-state index contributed by atoms with van der Waals surface area (Å²) in [6.45, 7) is 0.558. The Morgan fingerprint density at radius 2 is 2.07 bits per heavy atom. The monoisotopic (exact) mass is 375 g/mol. The maximum atomic E-state index is 12.3. The summed E-state index contributed by atoms with van der Waals surface area (Å²) in [6.07, 6.45) is 6.45. The minimum Gasteiger partial charge on any atom is -0.497 e. The van der Waals surface area contributed by atoms with Crippen LogP contribution in [0.1, 0.15) is 11.1 Å². The molecule has 0 atom stereocenters. The van der Waals surface area contributed by atoms with Crippen LogP contribution in [0.4, 0.5) is 0 Å². The molecule has 0 saturated heterocycles. The van der Waals surface area contributed by atoms with Gasteiger partial charge in [-0.3, -0.25) is 4.79 Å². The van der Waals surface area contributed by atoms with Gasteiger partial charge in [-0.15, -0.1) is 0 Å². The summed E-state index contributed by atoms with van der Waals surface area (Å²) < 4.78 is 12.6. The lowest BCUT2D eigenvalue weighted by Gasteiger charge is -2.04. The van der Waals surface area contributed by atoms with E-state index in [0.29, 0.717) is 6.54 Å². The number of benzene rings is 2. The molecule has 1 N–H and O–H groups in total. The third kappa shape index (κ3) is 3.91. The van der Waals surface area contributed by atoms with Crippen molar-refractivity contribution >= 4 is 16.9 Å². The van der Waals surface area contributed by atoms with Crippen molar-refractivity contribution in [3.8, 4) is 11.4 Å². The van der Waals surface area contributed by atoms with Crippen LogP contribution in [0.3, 0.4) is 0 Å². The van der Waals surface area contributed by atoms with Crippen molar-refractivity contribution in [2.24, 2.45) is 0 Å². The van der Waals surface area contributed by atoms with Gasteiger partial charge in [0.15, 0.2) is 0 Å². The second-order valence-electron chi connectivity index (χ2n) is 6.53. The molecule has 0 aliphatic carbocycles. The Hall–Kier alpha value is -3.54. The fourth-order valence-corrected chi connectivity index (χ4v) is 3.12. The van der Waals surface area contributed by atoms with Gasteiger partial charge in [-0.1, -0.05) is 18.2 Å². The largest absolute Gasteiger partial charge is 0.497 e. The van der Waals surface area contributed by atoms with Crippen LogP contribution in [0, 0.1) is 0 Å². The molecule has 4 rings (SSSR count). The number of amides is 1. The summed E-state index contributed by atoms with van der Waals surface area (Å²) in [7, 11) is 1.61. The molecule has 142 valence electrons. The first kappa shape index (κ1) is 17.9. The van der Waals surface area contributed by atoms with E-state index >= 15 is 0 Å². The highest BCUT2D eigenvalue weighted by Crippen LogP contribution is 2.25. The lowest BCUT2D eigenvalue weighted by atomic mass is 10.1. The lowest BCUT2D eigenvalue weighted by molar-refractivity contribution is -0.120. The van der Waals surface area contributed by atoms with Crippen molar-refractivity contribution in [3.05, 3.63) is 78.3 Å². The Balaban J connectivity index is 1.31. The number of nitrogens with zero attached hydrogens (tertiary/aromatic N) is 2. The van der Waals surface area contributed by atoms with E-state index in [9.17, 15) is 4.79 Å². The van der Waals surface area contributed by atoms with Crippen LogP contribution in [-0.2, 0) is 17.6 Å². The molecule has 0 bridgehead atoms. The van der Waals surface area contributed by atoms with Crippen molar-refractivity contribution in [3.63, 3.8) is 0 Å². The summed E-state index contributed by atoms with van der Waals surface area (Å²) in [6, 6.07) is 15.5. The van der Waals surface area contributed by atoms with E-state index in [4.69, 9.17) is 9.15 Å². The van der Waals surface area contributed by atoms with Gasteiger partial charge in [0, 0.05) is 29.8 Å². The molecule has 4 aromatic rings. The minimum atomic E-state index is -0.0334. The number of hydrogen-bond donors (Lipinski definition) is 1. The van der Waals surface area contributed by atoms with Crippen molar-refractivity contribution < 1.29 is 13.9 Å². The summed E-state index contributed by atoms with van der Waals surface area (Å²) in [5.74, 6) is 0.697. The topological polar surface area (TPSA) is 69.3 Å². The highest BCUT2D eigenvalue weighted by Gasteiger charge is 2.11. The minimum absolute atomic E-state index is 0.0334. The van der Waals surface area contributed by atoms with E-state index in [1.807, 2.05) is 65.6 Å². The molecule has 1 amide bonds. The quantitative estimate of drug-likeness (QED) is 0.537. The smallest absolute Gasteiger partial charge is 0.224 e. The fraction of sp³-hybridized carbons (Fsp3) is 0.182. The third-order valence-corrected chi connectivity index (χ3v) is 4.61. The molecular weight excluding hydrogens is 354 g/mol. The fourth-order valence-electron chi connectivity index (χ4n) is 3.12. The molecule has 2 aromatic carbocycles. The molecule has 6 heteroatoms. The second kappa shape index (κ2) is 8.00. The Morgan fingerprint density at radius 3 is 2.89 bits per heavy atom. The predicted octanol–water partition coefficient (Wildman–Crippen LogP) is 3.53. The summed E-state index contributed by atoms with van der Waals surface area (Å²) in [4.78, 5) is 12.3. The Bertz CT molecular complexity index is 1080. The molecule has 0 spiro atoms. The number of furan rings is 1. The highest BCUT2D eigenvalue weighted by atomic mass is 16.5. The normalized spacial score (nSPS) is 10.9. The van der Waals surface area contributed by atoms with Gasteiger partial charge in [0.05, 0.1) is 31.7 Å². The Kier molecular flexibility index (Phi) is 5.10.